The minimum Gasteiger partial charge on any atom is -0.326 e. The van der Waals surface area contributed by atoms with Gasteiger partial charge in [0.25, 0.3) is 5.91 Å². The van der Waals surface area contributed by atoms with Crippen molar-refractivity contribution in [2.24, 2.45) is 0 Å². The van der Waals surface area contributed by atoms with Gasteiger partial charge in [-0.3, -0.25) is 4.79 Å². The van der Waals surface area contributed by atoms with Gasteiger partial charge in [-0.2, -0.15) is 0 Å². The van der Waals surface area contributed by atoms with Crippen LogP contribution in [0.15, 0.2) is 36.4 Å². The zero-order chi connectivity index (χ0) is 17.1. The molecule has 0 saturated heterocycles. The van der Waals surface area contributed by atoms with Gasteiger partial charge < -0.3 is 10.2 Å². The van der Waals surface area contributed by atoms with Crippen molar-refractivity contribution in [3.05, 3.63) is 63.9 Å². The highest BCUT2D eigenvalue weighted by Gasteiger charge is 2.16. The average molecular weight is 348 g/mol. The highest BCUT2D eigenvalue weighted by molar-refractivity contribution is 6.31. The van der Waals surface area contributed by atoms with Crippen molar-refractivity contribution in [2.75, 3.05) is 18.9 Å². The number of benzene rings is 2. The van der Waals surface area contributed by atoms with Crippen molar-refractivity contribution < 1.29 is 14.1 Å². The number of rotatable bonds is 5. The van der Waals surface area contributed by atoms with E-state index in [0.717, 1.165) is 23.4 Å². The second-order valence-electron chi connectivity index (χ2n) is 6.40. The van der Waals surface area contributed by atoms with Gasteiger partial charge in [-0.1, -0.05) is 23.7 Å². The van der Waals surface area contributed by atoms with Crippen LogP contribution in [0, 0.1) is 5.82 Å². The molecule has 1 unspecified atom stereocenters. The van der Waals surface area contributed by atoms with Crippen molar-refractivity contribution in [3.63, 3.8) is 0 Å². The lowest BCUT2D eigenvalue weighted by Gasteiger charge is -2.15. The van der Waals surface area contributed by atoms with Crippen molar-refractivity contribution in [1.29, 1.82) is 0 Å². The second kappa shape index (κ2) is 7.32. The van der Waals surface area contributed by atoms with Crippen molar-refractivity contribution in [2.45, 2.75) is 25.8 Å². The van der Waals surface area contributed by atoms with E-state index in [9.17, 15) is 9.18 Å². The number of amides is 1. The fourth-order valence-corrected chi connectivity index (χ4v) is 3.42. The fourth-order valence-electron chi connectivity index (χ4n) is 3.19. The maximum absolute atomic E-state index is 13.8. The van der Waals surface area contributed by atoms with E-state index in [-0.39, 0.29) is 18.3 Å². The number of carbonyl (C=O) groups excluding carboxylic acids is 1. The van der Waals surface area contributed by atoms with E-state index in [2.05, 4.69) is 17.4 Å². The van der Waals surface area contributed by atoms with Crippen LogP contribution in [0.1, 0.15) is 23.1 Å². The Bertz CT molecular complexity index is 743. The normalized spacial score (nSPS) is 14.3. The molecule has 0 aromatic heterocycles. The molecule has 0 heterocycles. The van der Waals surface area contributed by atoms with E-state index >= 15 is 0 Å². The van der Waals surface area contributed by atoms with Gasteiger partial charge in [-0.05, 0) is 54.7 Å². The Hall–Kier alpha value is -1.91. The number of hydrogen-bond acceptors (Lipinski definition) is 1. The molecule has 2 N–H and O–H groups in total. The molecular formula is C19H21ClFN2O+. The molecular weight excluding hydrogens is 327 g/mol. The van der Waals surface area contributed by atoms with E-state index in [4.69, 9.17) is 11.6 Å². The molecule has 2 aromatic rings. The first-order valence-electron chi connectivity index (χ1n) is 8.19. The fraction of sp³-hybridized carbons (Fsp3) is 0.316. The Morgan fingerprint density at radius 2 is 2.04 bits per heavy atom. The largest absolute Gasteiger partial charge is 0.326 e. The number of halogens is 2. The van der Waals surface area contributed by atoms with Crippen LogP contribution in [0.4, 0.5) is 10.1 Å². The molecule has 0 radical (unpaired) electrons. The van der Waals surface area contributed by atoms with Crippen LogP contribution in [-0.2, 0) is 24.2 Å². The van der Waals surface area contributed by atoms with E-state index in [1.807, 2.05) is 13.1 Å². The summed E-state index contributed by atoms with van der Waals surface area (Å²) in [6, 6.07) is 10.7. The van der Waals surface area contributed by atoms with Crippen LogP contribution in [0.3, 0.4) is 0 Å². The van der Waals surface area contributed by atoms with Gasteiger partial charge >= 0.3 is 0 Å². The van der Waals surface area contributed by atoms with Crippen LogP contribution < -0.4 is 10.2 Å². The zero-order valence-electron chi connectivity index (χ0n) is 13.7. The van der Waals surface area contributed by atoms with Gasteiger partial charge in [0.05, 0.1) is 17.6 Å². The molecule has 1 amide bonds. The van der Waals surface area contributed by atoms with Crippen molar-refractivity contribution in [3.8, 4) is 0 Å². The zero-order valence-corrected chi connectivity index (χ0v) is 14.4. The number of hydrogen-bond donors (Lipinski definition) is 2. The first-order chi connectivity index (χ1) is 11.5. The molecule has 1 aliphatic carbocycles. The molecule has 0 saturated carbocycles. The smallest absolute Gasteiger partial charge is 0.279 e. The minimum atomic E-state index is -0.333. The number of aryl methyl sites for hydroxylation is 2. The number of fused-ring (bicyclic) bond motifs is 1. The lowest BCUT2D eigenvalue weighted by atomic mass is 10.1. The van der Waals surface area contributed by atoms with Gasteiger partial charge in [0, 0.05) is 5.69 Å². The number of likely N-dealkylation sites (N-methyl/N-ethyl adjacent to an activating group) is 1. The number of anilines is 1. The molecule has 0 fully saturated rings. The summed E-state index contributed by atoms with van der Waals surface area (Å²) in [4.78, 5) is 13.1. The van der Waals surface area contributed by atoms with E-state index in [0.29, 0.717) is 17.1 Å². The predicted molar refractivity (Wildman–Crippen MR) is 94.0 cm³/mol. The molecule has 0 bridgehead atoms. The molecule has 3 nitrogen and oxygen atoms in total. The third-order valence-electron chi connectivity index (χ3n) is 4.38. The third-order valence-corrected chi connectivity index (χ3v) is 4.74. The Morgan fingerprint density at radius 1 is 1.25 bits per heavy atom. The molecule has 1 atom stereocenters. The molecule has 0 spiro atoms. The highest BCUT2D eigenvalue weighted by Crippen LogP contribution is 2.24. The lowest BCUT2D eigenvalue weighted by molar-refractivity contribution is -0.885. The first kappa shape index (κ1) is 16.9. The Kier molecular flexibility index (Phi) is 5.17. The standard InChI is InChI=1S/C19H20ClFN2O/c1-23(11-16-17(20)6-3-7-18(16)21)12-19(24)22-15-9-8-13-4-2-5-14(13)10-15/h3,6-10H,2,4-5,11-12H2,1H3,(H,22,24)/p+1. The van der Waals surface area contributed by atoms with E-state index in [1.54, 1.807) is 12.1 Å². The molecule has 2 aromatic carbocycles. The molecule has 126 valence electrons. The number of quaternary nitrogens is 1. The quantitative estimate of drug-likeness (QED) is 0.856. The van der Waals surface area contributed by atoms with Gasteiger partial charge in [-0.25, -0.2) is 4.39 Å². The van der Waals surface area contributed by atoms with Gasteiger partial charge in [0.15, 0.2) is 6.54 Å². The first-order valence-corrected chi connectivity index (χ1v) is 8.56. The summed E-state index contributed by atoms with van der Waals surface area (Å²) in [7, 11) is 1.85. The highest BCUT2D eigenvalue weighted by atomic mass is 35.5. The molecule has 5 heteroatoms. The summed E-state index contributed by atoms with van der Waals surface area (Å²) in [5, 5.41) is 3.33. The van der Waals surface area contributed by atoms with Gasteiger partial charge in [0.2, 0.25) is 0 Å². The predicted octanol–water partition coefficient (Wildman–Crippen LogP) is 2.62. The summed E-state index contributed by atoms with van der Waals surface area (Å²) in [6.07, 6.45) is 3.39. The summed E-state index contributed by atoms with van der Waals surface area (Å²) in [5.41, 5.74) is 3.98. The van der Waals surface area contributed by atoms with Crippen molar-refractivity contribution >= 4 is 23.2 Å². The number of carbonyl (C=O) groups is 1. The van der Waals surface area contributed by atoms with Gasteiger partial charge in [0.1, 0.15) is 12.4 Å². The van der Waals surface area contributed by atoms with Crippen LogP contribution in [-0.4, -0.2) is 19.5 Å². The average Bonchev–Trinajstić information content (AvgIpc) is 2.98. The Labute approximate surface area is 146 Å². The second-order valence-corrected chi connectivity index (χ2v) is 6.80. The minimum absolute atomic E-state index is 0.0853. The Morgan fingerprint density at radius 3 is 2.83 bits per heavy atom. The van der Waals surface area contributed by atoms with Crippen molar-refractivity contribution in [1.82, 2.24) is 0 Å². The molecule has 3 rings (SSSR count). The van der Waals surface area contributed by atoms with Crippen LogP contribution in [0.2, 0.25) is 5.02 Å². The summed E-state index contributed by atoms with van der Waals surface area (Å²) in [6.45, 7) is 0.616. The van der Waals surface area contributed by atoms with Crippen LogP contribution >= 0.6 is 11.6 Å². The SMILES string of the molecule is C[NH+](CC(=O)Nc1ccc2c(c1)CCC2)Cc1c(F)cccc1Cl. The summed E-state index contributed by atoms with van der Waals surface area (Å²) >= 11 is 6.04. The third kappa shape index (κ3) is 3.94. The maximum Gasteiger partial charge on any atom is 0.279 e. The molecule has 24 heavy (non-hydrogen) atoms. The topological polar surface area (TPSA) is 33.5 Å². The van der Waals surface area contributed by atoms with Crippen LogP contribution in [0.25, 0.3) is 0 Å². The lowest BCUT2D eigenvalue weighted by Crippen LogP contribution is -3.08. The number of nitrogens with one attached hydrogen (secondary N) is 2. The van der Waals surface area contributed by atoms with E-state index in [1.165, 1.54) is 23.6 Å². The van der Waals surface area contributed by atoms with Crippen LogP contribution in [0.5, 0.6) is 0 Å². The Balaban J connectivity index is 1.58. The summed E-state index contributed by atoms with van der Waals surface area (Å²) in [5.74, 6) is -0.418. The maximum atomic E-state index is 13.8. The van der Waals surface area contributed by atoms with Gasteiger partial charge in [-0.15, -0.1) is 0 Å². The monoisotopic (exact) mass is 347 g/mol. The van der Waals surface area contributed by atoms with E-state index < -0.39 is 0 Å². The molecule has 1 aliphatic rings. The summed E-state index contributed by atoms with van der Waals surface area (Å²) < 4.78 is 13.8. The molecule has 0 aliphatic heterocycles.